The van der Waals surface area contributed by atoms with Crippen LogP contribution in [0.2, 0.25) is 0 Å². The summed E-state index contributed by atoms with van der Waals surface area (Å²) in [5.41, 5.74) is 1.37. The lowest BCUT2D eigenvalue weighted by molar-refractivity contribution is -0.129. The Kier molecular flexibility index (Phi) is 4.19. The number of amides is 2. The first-order valence-electron chi connectivity index (χ1n) is 9.75. The zero-order valence-electron chi connectivity index (χ0n) is 15.8. The van der Waals surface area contributed by atoms with E-state index < -0.39 is 0 Å². The molecular formula is C22H21FN2O4. The molecule has 1 spiro atoms. The van der Waals surface area contributed by atoms with Gasteiger partial charge in [0.1, 0.15) is 5.82 Å². The molecule has 2 fully saturated rings. The maximum atomic E-state index is 13.0. The molecule has 0 unspecified atom stereocenters. The van der Waals surface area contributed by atoms with Crippen LogP contribution in [0.15, 0.2) is 42.5 Å². The third-order valence-electron chi connectivity index (χ3n) is 6.15. The molecule has 2 aromatic carbocycles. The van der Waals surface area contributed by atoms with E-state index in [-0.39, 0.29) is 42.2 Å². The quantitative estimate of drug-likeness (QED) is 0.863. The lowest BCUT2D eigenvalue weighted by atomic mass is 10.0. The molecule has 0 radical (unpaired) electrons. The van der Waals surface area contributed by atoms with E-state index in [1.54, 1.807) is 30.3 Å². The summed E-state index contributed by atoms with van der Waals surface area (Å²) >= 11 is 0. The number of hydrogen-bond acceptors (Lipinski definition) is 4. The number of rotatable bonds is 4. The van der Waals surface area contributed by atoms with Gasteiger partial charge in [-0.25, -0.2) is 4.39 Å². The first kappa shape index (κ1) is 18.0. The summed E-state index contributed by atoms with van der Waals surface area (Å²) in [6, 6.07) is 11.4. The van der Waals surface area contributed by atoms with Gasteiger partial charge in [0.25, 0.3) is 0 Å². The summed E-state index contributed by atoms with van der Waals surface area (Å²) < 4.78 is 23.7. The van der Waals surface area contributed by atoms with Crippen molar-refractivity contribution in [2.75, 3.05) is 25.2 Å². The number of carbonyl (C=O) groups is 2. The fraction of sp³-hybridized carbons (Fsp3) is 0.364. The Morgan fingerprint density at radius 1 is 1.14 bits per heavy atom. The van der Waals surface area contributed by atoms with Crippen molar-refractivity contribution in [2.24, 2.45) is 11.3 Å². The number of likely N-dealkylation sites (tertiary alicyclic amines) is 1. The van der Waals surface area contributed by atoms with E-state index in [0.717, 1.165) is 18.4 Å². The molecule has 2 atom stereocenters. The van der Waals surface area contributed by atoms with Gasteiger partial charge in [-0.1, -0.05) is 12.1 Å². The van der Waals surface area contributed by atoms with Crippen LogP contribution in [-0.2, 0) is 16.0 Å². The molecule has 1 N–H and O–H groups in total. The second-order valence-corrected chi connectivity index (χ2v) is 8.04. The van der Waals surface area contributed by atoms with Crippen LogP contribution >= 0.6 is 0 Å². The van der Waals surface area contributed by atoms with E-state index >= 15 is 0 Å². The zero-order chi connectivity index (χ0) is 20.0. The van der Waals surface area contributed by atoms with Crippen molar-refractivity contribution in [3.63, 3.8) is 0 Å². The summed E-state index contributed by atoms with van der Waals surface area (Å²) in [6.07, 6.45) is 1.88. The van der Waals surface area contributed by atoms with Crippen molar-refractivity contribution in [3.05, 3.63) is 53.8 Å². The largest absolute Gasteiger partial charge is 0.454 e. The summed E-state index contributed by atoms with van der Waals surface area (Å²) in [6.45, 7) is 1.46. The minimum atomic E-state index is -0.310. The van der Waals surface area contributed by atoms with Gasteiger partial charge in [0.15, 0.2) is 11.5 Å². The minimum Gasteiger partial charge on any atom is -0.454 e. The van der Waals surface area contributed by atoms with E-state index in [4.69, 9.17) is 9.47 Å². The maximum Gasteiger partial charge on any atom is 0.231 e. The van der Waals surface area contributed by atoms with Gasteiger partial charge in [-0.15, -0.1) is 0 Å². The fourth-order valence-corrected chi connectivity index (χ4v) is 4.37. The molecule has 150 valence electrons. The van der Waals surface area contributed by atoms with E-state index in [1.807, 2.05) is 4.90 Å². The van der Waals surface area contributed by atoms with Crippen LogP contribution in [0.25, 0.3) is 0 Å². The molecule has 29 heavy (non-hydrogen) atoms. The Balaban J connectivity index is 1.18. The highest BCUT2D eigenvalue weighted by Gasteiger charge is 2.61. The molecular weight excluding hydrogens is 375 g/mol. The van der Waals surface area contributed by atoms with Gasteiger partial charge in [0.05, 0.1) is 6.42 Å². The normalized spacial score (nSPS) is 24.0. The molecule has 2 amide bonds. The highest BCUT2D eigenvalue weighted by molar-refractivity contribution is 5.95. The Morgan fingerprint density at radius 3 is 2.76 bits per heavy atom. The predicted octanol–water partition coefficient (Wildman–Crippen LogP) is 2.97. The van der Waals surface area contributed by atoms with Crippen LogP contribution in [0.3, 0.4) is 0 Å². The van der Waals surface area contributed by atoms with Crippen molar-refractivity contribution in [2.45, 2.75) is 19.3 Å². The number of nitrogens with zero attached hydrogens (tertiary/aromatic N) is 1. The van der Waals surface area contributed by atoms with E-state index in [1.165, 1.54) is 12.1 Å². The van der Waals surface area contributed by atoms with E-state index in [2.05, 4.69) is 5.32 Å². The second kappa shape index (κ2) is 6.76. The number of hydrogen-bond donors (Lipinski definition) is 1. The van der Waals surface area contributed by atoms with Crippen molar-refractivity contribution in [3.8, 4) is 11.5 Å². The van der Waals surface area contributed by atoms with Crippen LogP contribution in [0.5, 0.6) is 11.5 Å². The number of halogens is 1. The van der Waals surface area contributed by atoms with Gasteiger partial charge in [0.2, 0.25) is 18.6 Å². The summed E-state index contributed by atoms with van der Waals surface area (Å²) in [4.78, 5) is 27.1. The van der Waals surface area contributed by atoms with Gasteiger partial charge < -0.3 is 19.7 Å². The minimum absolute atomic E-state index is 0.0169. The number of carbonyl (C=O) groups excluding carboxylic acids is 2. The highest BCUT2D eigenvalue weighted by Crippen LogP contribution is 2.58. The molecule has 3 aliphatic rings. The summed E-state index contributed by atoms with van der Waals surface area (Å²) in [5, 5.41) is 2.96. The lowest BCUT2D eigenvalue weighted by Crippen LogP contribution is -2.31. The molecule has 1 saturated carbocycles. The van der Waals surface area contributed by atoms with Crippen LogP contribution < -0.4 is 14.8 Å². The molecule has 2 heterocycles. The van der Waals surface area contributed by atoms with E-state index in [9.17, 15) is 14.0 Å². The van der Waals surface area contributed by atoms with Gasteiger partial charge >= 0.3 is 0 Å². The maximum absolute atomic E-state index is 13.0. The molecule has 0 bridgehead atoms. The molecule has 7 heteroatoms. The van der Waals surface area contributed by atoms with Crippen LogP contribution in [0, 0.1) is 17.2 Å². The Labute approximate surface area is 167 Å². The van der Waals surface area contributed by atoms with Gasteiger partial charge in [-0.05, 0) is 42.7 Å². The smallest absolute Gasteiger partial charge is 0.231 e. The zero-order valence-corrected chi connectivity index (χ0v) is 15.8. The van der Waals surface area contributed by atoms with Crippen molar-refractivity contribution >= 4 is 17.5 Å². The van der Waals surface area contributed by atoms with Gasteiger partial charge in [-0.2, -0.15) is 0 Å². The molecule has 1 saturated heterocycles. The van der Waals surface area contributed by atoms with Gasteiger partial charge in [0, 0.05) is 36.2 Å². The first-order chi connectivity index (χ1) is 14.0. The summed E-state index contributed by atoms with van der Waals surface area (Å²) in [5.74, 6) is 0.919. The molecule has 0 aromatic heterocycles. The monoisotopic (exact) mass is 396 g/mol. The fourth-order valence-electron chi connectivity index (χ4n) is 4.37. The predicted molar refractivity (Wildman–Crippen MR) is 103 cm³/mol. The molecule has 5 rings (SSSR count). The van der Waals surface area contributed by atoms with Crippen LogP contribution in [0.4, 0.5) is 10.1 Å². The third kappa shape index (κ3) is 3.41. The van der Waals surface area contributed by atoms with E-state index in [0.29, 0.717) is 30.3 Å². The topological polar surface area (TPSA) is 67.9 Å². The first-order valence-corrected chi connectivity index (χ1v) is 9.75. The third-order valence-corrected chi connectivity index (χ3v) is 6.15. The Morgan fingerprint density at radius 2 is 1.93 bits per heavy atom. The van der Waals surface area contributed by atoms with Crippen LogP contribution in [0.1, 0.15) is 18.4 Å². The molecule has 2 aromatic rings. The lowest BCUT2D eigenvalue weighted by Gasteiger charge is -2.17. The number of fused-ring (bicyclic) bond motifs is 1. The number of nitrogens with one attached hydrogen (secondary N) is 1. The average Bonchev–Trinajstić information content (AvgIpc) is 3.02. The van der Waals surface area contributed by atoms with Crippen molar-refractivity contribution in [1.29, 1.82) is 0 Å². The molecule has 2 aliphatic heterocycles. The molecule has 1 aliphatic carbocycles. The Bertz CT molecular complexity index is 977. The number of benzene rings is 2. The Hall–Kier alpha value is -3.09. The summed E-state index contributed by atoms with van der Waals surface area (Å²) in [7, 11) is 0. The molecule has 6 nitrogen and oxygen atoms in total. The second-order valence-electron chi connectivity index (χ2n) is 8.04. The average molecular weight is 396 g/mol. The van der Waals surface area contributed by atoms with Gasteiger partial charge in [-0.3, -0.25) is 9.59 Å². The number of ether oxygens (including phenoxy) is 2. The van der Waals surface area contributed by atoms with Crippen molar-refractivity contribution < 1.29 is 23.5 Å². The van der Waals surface area contributed by atoms with Crippen LogP contribution in [-0.4, -0.2) is 36.6 Å². The number of anilines is 1. The SMILES string of the molecule is O=C(Nc1ccc2c(c1)OCO2)[C@H]1C[C@@]12CCN(C(=O)Cc1ccc(F)cc1)C2. The standard InChI is InChI=1S/C22H21FN2O4/c23-15-3-1-14(2-4-15)9-20(26)25-8-7-22(12-25)11-17(22)21(27)24-16-5-6-18-19(10-16)29-13-28-18/h1-6,10,17H,7-9,11-13H2,(H,24,27)/t17-,22-/m1/s1. The van der Waals surface area contributed by atoms with Crippen molar-refractivity contribution in [1.82, 2.24) is 4.90 Å². The highest BCUT2D eigenvalue weighted by atomic mass is 19.1.